The van der Waals surface area contributed by atoms with E-state index in [4.69, 9.17) is 16.6 Å². The molecule has 40 heavy (non-hydrogen) atoms. The summed E-state index contributed by atoms with van der Waals surface area (Å²) in [5.41, 5.74) is 3.48. The molecule has 7 nitrogen and oxygen atoms in total. The monoisotopic (exact) mass is 566 g/mol. The molecular formula is C31H23ClN4O3S. The first kappa shape index (κ1) is 25.7. The van der Waals surface area contributed by atoms with Crippen LogP contribution in [0.15, 0.2) is 113 Å². The second kappa shape index (κ2) is 10.2. The molecule has 6 rings (SSSR count). The molecule has 0 unspecified atom stereocenters. The van der Waals surface area contributed by atoms with Crippen molar-refractivity contribution in [3.05, 3.63) is 139 Å². The second-order valence-corrected chi connectivity index (χ2v) is 10.8. The van der Waals surface area contributed by atoms with E-state index in [0.717, 1.165) is 17.0 Å². The summed E-state index contributed by atoms with van der Waals surface area (Å²) < 4.78 is 1.79. The lowest BCUT2D eigenvalue weighted by molar-refractivity contribution is -0.114. The first-order chi connectivity index (χ1) is 19.4. The summed E-state index contributed by atoms with van der Waals surface area (Å²) in [6, 6.07) is 22.8. The SMILES string of the molecule is C=CCN1C(=O)/C(=c2/sc3n(c2=O)[C@H](c2ccc(Cl)cc2)C(C(=O)Nc2ccccc2)=C(C)N=3)c2ccccc21. The third-order valence-corrected chi connectivity index (χ3v) is 8.23. The number of anilines is 2. The summed E-state index contributed by atoms with van der Waals surface area (Å²) in [7, 11) is 0. The minimum absolute atomic E-state index is 0.271. The Morgan fingerprint density at radius 1 is 1.05 bits per heavy atom. The molecule has 0 saturated heterocycles. The Labute approximate surface area is 238 Å². The molecule has 9 heteroatoms. The molecule has 0 aliphatic carbocycles. The lowest BCUT2D eigenvalue weighted by Gasteiger charge is -2.25. The van der Waals surface area contributed by atoms with E-state index in [9.17, 15) is 14.4 Å². The van der Waals surface area contributed by atoms with Gasteiger partial charge in [-0.15, -0.1) is 6.58 Å². The van der Waals surface area contributed by atoms with E-state index in [2.05, 4.69) is 11.9 Å². The van der Waals surface area contributed by atoms with Crippen LogP contribution in [0.1, 0.15) is 24.1 Å². The van der Waals surface area contributed by atoms with Gasteiger partial charge in [-0.2, -0.15) is 0 Å². The smallest absolute Gasteiger partial charge is 0.271 e. The van der Waals surface area contributed by atoms with Crippen LogP contribution in [0, 0.1) is 0 Å². The summed E-state index contributed by atoms with van der Waals surface area (Å²) in [6.45, 7) is 5.85. The van der Waals surface area contributed by atoms with Crippen molar-refractivity contribution in [2.75, 3.05) is 16.8 Å². The minimum atomic E-state index is -0.775. The van der Waals surface area contributed by atoms with E-state index >= 15 is 0 Å². The van der Waals surface area contributed by atoms with Crippen molar-refractivity contribution in [1.29, 1.82) is 0 Å². The molecule has 1 N–H and O–H groups in total. The molecule has 1 aromatic heterocycles. The third-order valence-electron chi connectivity index (χ3n) is 6.92. The summed E-state index contributed by atoms with van der Waals surface area (Å²) in [5.74, 6) is -0.642. The van der Waals surface area contributed by atoms with Gasteiger partial charge in [0.05, 0.1) is 28.6 Å². The summed E-state index contributed by atoms with van der Waals surface area (Å²) >= 11 is 7.33. The number of allylic oxidation sites excluding steroid dienone is 1. The van der Waals surface area contributed by atoms with E-state index in [1.54, 1.807) is 54.3 Å². The van der Waals surface area contributed by atoms with Crippen LogP contribution < -0.4 is 25.1 Å². The van der Waals surface area contributed by atoms with Gasteiger partial charge in [-0.05, 0) is 42.8 Å². The number of para-hydroxylation sites is 2. The predicted molar refractivity (Wildman–Crippen MR) is 158 cm³/mol. The van der Waals surface area contributed by atoms with Crippen molar-refractivity contribution in [1.82, 2.24) is 4.57 Å². The number of aromatic nitrogens is 1. The number of thiazole rings is 1. The number of nitrogens with zero attached hydrogens (tertiary/aromatic N) is 3. The molecule has 2 amide bonds. The molecule has 198 valence electrons. The number of fused-ring (bicyclic) bond motifs is 2. The van der Waals surface area contributed by atoms with Crippen LogP contribution >= 0.6 is 22.9 Å². The molecule has 0 radical (unpaired) electrons. The van der Waals surface area contributed by atoms with E-state index in [1.165, 1.54) is 4.57 Å². The number of carbonyl (C=O) groups is 2. The topological polar surface area (TPSA) is 83.8 Å². The van der Waals surface area contributed by atoms with E-state index in [-0.39, 0.29) is 21.9 Å². The highest BCUT2D eigenvalue weighted by molar-refractivity contribution is 7.07. The Bertz CT molecular complexity index is 1910. The maximum Gasteiger partial charge on any atom is 0.271 e. The van der Waals surface area contributed by atoms with Gasteiger partial charge < -0.3 is 10.2 Å². The van der Waals surface area contributed by atoms with Crippen LogP contribution in [-0.2, 0) is 9.59 Å². The van der Waals surface area contributed by atoms with Gasteiger partial charge in [0.2, 0.25) is 0 Å². The minimum Gasteiger partial charge on any atom is -0.322 e. The van der Waals surface area contributed by atoms with Crippen LogP contribution in [0.5, 0.6) is 0 Å². The van der Waals surface area contributed by atoms with Gasteiger partial charge in [0.15, 0.2) is 4.80 Å². The number of hydrogen-bond donors (Lipinski definition) is 1. The number of rotatable bonds is 5. The molecule has 2 aliphatic rings. The van der Waals surface area contributed by atoms with Crippen LogP contribution in [0.2, 0.25) is 5.02 Å². The van der Waals surface area contributed by atoms with Gasteiger partial charge in [-0.1, -0.05) is 77.5 Å². The fourth-order valence-corrected chi connectivity index (χ4v) is 6.42. The lowest BCUT2D eigenvalue weighted by atomic mass is 9.95. The summed E-state index contributed by atoms with van der Waals surface area (Å²) in [5, 5.41) is 3.47. The van der Waals surface area contributed by atoms with Crippen molar-refractivity contribution in [2.45, 2.75) is 13.0 Å². The Kier molecular flexibility index (Phi) is 6.57. The van der Waals surface area contributed by atoms with Crippen molar-refractivity contribution < 1.29 is 9.59 Å². The van der Waals surface area contributed by atoms with Crippen LogP contribution in [0.4, 0.5) is 11.4 Å². The summed E-state index contributed by atoms with van der Waals surface area (Å²) in [6.07, 6.45) is 1.65. The number of amides is 2. The maximum atomic E-state index is 14.2. The highest BCUT2D eigenvalue weighted by Crippen LogP contribution is 2.35. The van der Waals surface area contributed by atoms with Crippen molar-refractivity contribution >= 4 is 51.7 Å². The molecule has 0 bridgehead atoms. The fraction of sp³-hybridized carbons (Fsp3) is 0.0968. The van der Waals surface area contributed by atoms with E-state index < -0.39 is 6.04 Å². The molecule has 3 heterocycles. The fourth-order valence-electron chi connectivity index (χ4n) is 5.15. The largest absolute Gasteiger partial charge is 0.322 e. The Balaban J connectivity index is 1.58. The highest BCUT2D eigenvalue weighted by atomic mass is 35.5. The number of halogens is 1. The van der Waals surface area contributed by atoms with Gasteiger partial charge in [-0.3, -0.25) is 19.0 Å². The molecular weight excluding hydrogens is 544 g/mol. The second-order valence-electron chi connectivity index (χ2n) is 9.37. The standard InChI is InChI=1S/C31H23ClN4O3S/c1-3-17-35-23-12-8-7-11-22(23)25(29(35)38)27-30(39)36-26(19-13-15-20(32)16-14-19)24(18(2)33-31(36)40-27)28(37)34-21-9-5-4-6-10-21/h3-16,26H,1,17H2,2H3,(H,34,37)/b27-25+/t26-/m1/s1. The molecule has 0 fully saturated rings. The predicted octanol–water partition coefficient (Wildman–Crippen LogP) is 4.43. The zero-order valence-corrected chi connectivity index (χ0v) is 23.0. The van der Waals surface area contributed by atoms with Crippen molar-refractivity contribution in [3.8, 4) is 0 Å². The summed E-state index contributed by atoms with van der Waals surface area (Å²) in [4.78, 5) is 48.3. The van der Waals surface area contributed by atoms with E-state index in [0.29, 0.717) is 50.0 Å². The Morgan fingerprint density at radius 3 is 2.48 bits per heavy atom. The molecule has 3 aromatic carbocycles. The van der Waals surface area contributed by atoms with Crippen molar-refractivity contribution in [2.24, 2.45) is 4.99 Å². The molecule has 0 spiro atoms. The number of carbonyl (C=O) groups excluding carboxylic acids is 2. The van der Waals surface area contributed by atoms with Gasteiger partial charge >= 0.3 is 0 Å². The quantitative estimate of drug-likeness (QED) is 0.363. The first-order valence-corrected chi connectivity index (χ1v) is 13.8. The number of hydrogen-bond acceptors (Lipinski definition) is 5. The van der Waals surface area contributed by atoms with Gasteiger partial charge in [0.1, 0.15) is 4.53 Å². The maximum absolute atomic E-state index is 14.2. The van der Waals surface area contributed by atoms with Crippen molar-refractivity contribution in [3.63, 3.8) is 0 Å². The Morgan fingerprint density at radius 2 is 1.75 bits per heavy atom. The molecule has 1 atom stereocenters. The molecule has 2 aliphatic heterocycles. The normalized spacial score (nSPS) is 17.3. The highest BCUT2D eigenvalue weighted by Gasteiger charge is 2.36. The molecule has 4 aromatic rings. The average molecular weight is 567 g/mol. The van der Waals surface area contributed by atoms with Gasteiger partial charge in [0, 0.05) is 22.8 Å². The van der Waals surface area contributed by atoms with Gasteiger partial charge in [-0.25, -0.2) is 4.99 Å². The van der Waals surface area contributed by atoms with Crippen LogP contribution in [0.3, 0.4) is 0 Å². The average Bonchev–Trinajstić information content (AvgIpc) is 3.41. The first-order valence-electron chi connectivity index (χ1n) is 12.6. The van der Waals surface area contributed by atoms with Crippen LogP contribution in [-0.4, -0.2) is 22.9 Å². The Hall–Kier alpha value is -4.53. The lowest BCUT2D eigenvalue weighted by Crippen LogP contribution is -2.41. The van der Waals surface area contributed by atoms with E-state index in [1.807, 2.05) is 42.5 Å². The van der Waals surface area contributed by atoms with Gasteiger partial charge in [0.25, 0.3) is 17.4 Å². The number of nitrogens with one attached hydrogen (secondary N) is 1. The third kappa shape index (κ3) is 4.22. The zero-order chi connectivity index (χ0) is 28.0. The van der Waals surface area contributed by atoms with Crippen LogP contribution in [0.25, 0.3) is 5.57 Å². The zero-order valence-electron chi connectivity index (χ0n) is 21.4. The number of benzene rings is 3. The molecule has 0 saturated carbocycles.